The van der Waals surface area contributed by atoms with E-state index in [1.54, 1.807) is 7.11 Å². The van der Waals surface area contributed by atoms with Gasteiger partial charge in [-0.15, -0.1) is 0 Å². The number of hydrogen-bond donors (Lipinski definition) is 0. The Balaban J connectivity index is 2.33. The summed E-state index contributed by atoms with van der Waals surface area (Å²) in [5.74, 6) is 0.702. The maximum atomic E-state index is 5.88. The van der Waals surface area contributed by atoms with Gasteiger partial charge in [0.05, 0.1) is 0 Å². The van der Waals surface area contributed by atoms with E-state index in [1.165, 1.54) is 18.4 Å². The molecule has 0 heterocycles. The Morgan fingerprint density at radius 1 is 1.24 bits per heavy atom. The second kappa shape index (κ2) is 8.96. The zero-order valence-corrected chi connectivity index (χ0v) is 12.6. The van der Waals surface area contributed by atoms with Crippen molar-refractivity contribution >= 4 is 27.5 Å². The molecule has 1 aromatic rings. The van der Waals surface area contributed by atoms with Gasteiger partial charge in [0.2, 0.25) is 0 Å². The minimum absolute atomic E-state index is 0.702. The van der Waals surface area contributed by atoms with Gasteiger partial charge in [-0.3, -0.25) is 0 Å². The predicted molar refractivity (Wildman–Crippen MR) is 78.2 cm³/mol. The van der Waals surface area contributed by atoms with E-state index in [0.29, 0.717) is 5.92 Å². The van der Waals surface area contributed by atoms with Gasteiger partial charge in [0.25, 0.3) is 0 Å². The highest BCUT2D eigenvalue weighted by molar-refractivity contribution is 9.09. The monoisotopic (exact) mass is 318 g/mol. The van der Waals surface area contributed by atoms with Gasteiger partial charge in [-0.2, -0.15) is 0 Å². The molecule has 1 atom stereocenters. The van der Waals surface area contributed by atoms with Crippen molar-refractivity contribution in [3.63, 3.8) is 0 Å². The van der Waals surface area contributed by atoms with Crippen molar-refractivity contribution in [2.75, 3.05) is 19.0 Å². The van der Waals surface area contributed by atoms with Crippen LogP contribution < -0.4 is 0 Å². The largest absolute Gasteiger partial charge is 0.385 e. The average molecular weight is 320 g/mol. The second-order valence-electron chi connectivity index (χ2n) is 4.34. The molecule has 0 amide bonds. The van der Waals surface area contributed by atoms with E-state index in [2.05, 4.69) is 28.1 Å². The van der Waals surface area contributed by atoms with Crippen molar-refractivity contribution in [3.8, 4) is 0 Å². The molecule has 0 N–H and O–H groups in total. The van der Waals surface area contributed by atoms with Crippen molar-refractivity contribution in [1.29, 1.82) is 0 Å². The first-order valence-electron chi connectivity index (χ1n) is 6.05. The Morgan fingerprint density at radius 3 is 2.53 bits per heavy atom. The van der Waals surface area contributed by atoms with Crippen LogP contribution in [0.5, 0.6) is 0 Å². The van der Waals surface area contributed by atoms with Gasteiger partial charge in [-0.1, -0.05) is 46.1 Å². The first kappa shape index (κ1) is 15.0. The predicted octanol–water partition coefficient (Wildman–Crippen LogP) is 4.71. The molecule has 0 bridgehead atoms. The van der Waals surface area contributed by atoms with E-state index < -0.39 is 0 Å². The number of hydrogen-bond acceptors (Lipinski definition) is 1. The summed E-state index contributed by atoms with van der Waals surface area (Å²) in [7, 11) is 1.76. The molecule has 1 aromatic carbocycles. The first-order valence-corrected chi connectivity index (χ1v) is 7.55. The lowest BCUT2D eigenvalue weighted by atomic mass is 9.96. The lowest BCUT2D eigenvalue weighted by molar-refractivity contribution is 0.190. The normalized spacial score (nSPS) is 12.6. The van der Waals surface area contributed by atoms with Crippen LogP contribution in [0.4, 0.5) is 0 Å². The Hall–Kier alpha value is -0.0500. The molecule has 0 aromatic heterocycles. The number of ether oxygens (including phenoxy) is 1. The van der Waals surface area contributed by atoms with E-state index in [1.807, 2.05) is 12.1 Å². The minimum atomic E-state index is 0.702. The van der Waals surface area contributed by atoms with E-state index in [0.717, 1.165) is 29.8 Å². The molecular weight excluding hydrogens is 300 g/mol. The zero-order valence-electron chi connectivity index (χ0n) is 10.3. The van der Waals surface area contributed by atoms with Crippen LogP contribution in [-0.2, 0) is 11.2 Å². The fourth-order valence-corrected chi connectivity index (χ4v) is 2.55. The van der Waals surface area contributed by atoms with E-state index in [9.17, 15) is 0 Å². The number of benzene rings is 1. The van der Waals surface area contributed by atoms with Crippen molar-refractivity contribution < 1.29 is 4.74 Å². The van der Waals surface area contributed by atoms with Crippen LogP contribution in [0.3, 0.4) is 0 Å². The van der Waals surface area contributed by atoms with Crippen LogP contribution in [0.1, 0.15) is 24.8 Å². The topological polar surface area (TPSA) is 9.23 Å². The molecule has 0 fully saturated rings. The zero-order chi connectivity index (χ0) is 12.5. The van der Waals surface area contributed by atoms with Crippen LogP contribution in [0.25, 0.3) is 0 Å². The maximum absolute atomic E-state index is 5.88. The molecule has 17 heavy (non-hydrogen) atoms. The molecule has 0 aliphatic carbocycles. The van der Waals surface area contributed by atoms with Crippen LogP contribution >= 0.6 is 27.5 Å². The maximum Gasteiger partial charge on any atom is 0.0462 e. The van der Waals surface area contributed by atoms with E-state index in [4.69, 9.17) is 16.3 Å². The Morgan fingerprint density at radius 2 is 1.94 bits per heavy atom. The van der Waals surface area contributed by atoms with E-state index in [-0.39, 0.29) is 0 Å². The summed E-state index contributed by atoms with van der Waals surface area (Å²) in [4.78, 5) is 0. The second-order valence-corrected chi connectivity index (χ2v) is 5.42. The third kappa shape index (κ3) is 6.44. The standard InChI is InChI=1S/C14H20BrClO/c1-17-9-3-2-4-13(11-15)10-12-5-7-14(16)8-6-12/h5-8,13H,2-4,9-11H2,1H3. The molecular formula is C14H20BrClO. The van der Waals surface area contributed by atoms with Crippen LogP contribution in [-0.4, -0.2) is 19.0 Å². The molecule has 0 aliphatic heterocycles. The Kier molecular flexibility index (Phi) is 7.91. The molecule has 0 saturated carbocycles. The fraction of sp³-hybridized carbons (Fsp3) is 0.571. The van der Waals surface area contributed by atoms with Crippen LogP contribution in [0.15, 0.2) is 24.3 Å². The molecule has 1 unspecified atom stereocenters. The smallest absolute Gasteiger partial charge is 0.0462 e. The van der Waals surface area contributed by atoms with Crippen LogP contribution in [0.2, 0.25) is 5.02 Å². The van der Waals surface area contributed by atoms with Crippen molar-refractivity contribution in [1.82, 2.24) is 0 Å². The fourth-order valence-electron chi connectivity index (χ4n) is 1.87. The summed E-state index contributed by atoms with van der Waals surface area (Å²) in [6.45, 7) is 0.871. The molecule has 3 heteroatoms. The number of methoxy groups -OCH3 is 1. The summed E-state index contributed by atoms with van der Waals surface area (Å²) >= 11 is 9.48. The summed E-state index contributed by atoms with van der Waals surface area (Å²) in [5.41, 5.74) is 1.37. The number of alkyl halides is 1. The molecule has 0 radical (unpaired) electrons. The van der Waals surface area contributed by atoms with Gasteiger partial charge in [-0.05, 0) is 42.9 Å². The molecule has 1 rings (SSSR count). The summed E-state index contributed by atoms with van der Waals surface area (Å²) in [6, 6.07) is 8.17. The molecule has 0 saturated heterocycles. The number of halogens is 2. The van der Waals surface area contributed by atoms with E-state index >= 15 is 0 Å². The summed E-state index contributed by atoms with van der Waals surface area (Å²) in [5, 5.41) is 1.87. The van der Waals surface area contributed by atoms with Gasteiger partial charge in [0.15, 0.2) is 0 Å². The van der Waals surface area contributed by atoms with Gasteiger partial charge in [0, 0.05) is 24.1 Å². The number of rotatable bonds is 8. The molecule has 1 nitrogen and oxygen atoms in total. The quantitative estimate of drug-likeness (QED) is 0.498. The highest BCUT2D eigenvalue weighted by atomic mass is 79.9. The first-order chi connectivity index (χ1) is 8.26. The van der Waals surface area contributed by atoms with Gasteiger partial charge >= 0.3 is 0 Å². The molecule has 96 valence electrons. The van der Waals surface area contributed by atoms with Gasteiger partial charge < -0.3 is 4.74 Å². The Labute approximate surface area is 118 Å². The third-order valence-corrected chi connectivity index (χ3v) is 4.03. The lowest BCUT2D eigenvalue weighted by Crippen LogP contribution is -2.06. The van der Waals surface area contributed by atoms with Gasteiger partial charge in [-0.25, -0.2) is 0 Å². The van der Waals surface area contributed by atoms with Crippen molar-refractivity contribution in [2.24, 2.45) is 5.92 Å². The number of unbranched alkanes of at least 4 members (excludes halogenated alkanes) is 1. The molecule has 0 spiro atoms. The Bertz CT molecular complexity index is 300. The minimum Gasteiger partial charge on any atom is -0.385 e. The summed E-state index contributed by atoms with van der Waals surface area (Å²) < 4.78 is 5.06. The summed E-state index contributed by atoms with van der Waals surface area (Å²) in [6.07, 6.45) is 4.75. The molecule has 0 aliphatic rings. The highest BCUT2D eigenvalue weighted by Crippen LogP contribution is 2.19. The highest BCUT2D eigenvalue weighted by Gasteiger charge is 2.08. The third-order valence-electron chi connectivity index (χ3n) is 2.87. The SMILES string of the molecule is COCCCCC(CBr)Cc1ccc(Cl)cc1. The lowest BCUT2D eigenvalue weighted by Gasteiger charge is -2.14. The van der Waals surface area contributed by atoms with Crippen molar-refractivity contribution in [2.45, 2.75) is 25.7 Å². The average Bonchev–Trinajstić information content (AvgIpc) is 2.35. The van der Waals surface area contributed by atoms with Gasteiger partial charge in [0.1, 0.15) is 0 Å². The van der Waals surface area contributed by atoms with Crippen molar-refractivity contribution in [3.05, 3.63) is 34.9 Å². The van der Waals surface area contributed by atoms with Crippen LogP contribution in [0, 0.1) is 5.92 Å².